The molecule has 2 N–H and O–H groups in total. The largest absolute Gasteiger partial charge is 0.508 e. The van der Waals surface area contributed by atoms with Crippen LogP contribution < -0.4 is 10.1 Å². The summed E-state index contributed by atoms with van der Waals surface area (Å²) < 4.78 is 11.1. The number of nitrogens with zero attached hydrogens (tertiary/aromatic N) is 1. The van der Waals surface area contributed by atoms with Gasteiger partial charge in [0, 0.05) is 16.7 Å². The standard InChI is InChI=1S/C23H17ClN2O4/c24-17-9-10-21(29-14-15-5-2-1-3-6-15)19(12-17)25-23(28)20-13-22(30-26-20)16-7-4-8-18(27)11-16/h1-13,27H,14H2,(H,25,28). The number of carbonyl (C=O) groups is 1. The molecule has 1 heterocycles. The fourth-order valence-electron chi connectivity index (χ4n) is 2.82. The van der Waals surface area contributed by atoms with Crippen LogP contribution in [0.25, 0.3) is 11.3 Å². The van der Waals surface area contributed by atoms with E-state index in [-0.39, 0.29) is 11.4 Å². The summed E-state index contributed by atoms with van der Waals surface area (Å²) in [6.07, 6.45) is 0. The van der Waals surface area contributed by atoms with Crippen LogP contribution in [0, 0.1) is 0 Å². The third-order valence-corrected chi connectivity index (χ3v) is 4.54. The molecule has 1 amide bonds. The molecule has 0 aliphatic rings. The van der Waals surface area contributed by atoms with Crippen LogP contribution >= 0.6 is 11.6 Å². The zero-order chi connectivity index (χ0) is 20.9. The second-order valence-electron chi connectivity index (χ2n) is 6.50. The maximum absolute atomic E-state index is 12.7. The first-order valence-electron chi connectivity index (χ1n) is 9.12. The summed E-state index contributed by atoms with van der Waals surface area (Å²) >= 11 is 6.10. The van der Waals surface area contributed by atoms with Crippen molar-refractivity contribution in [2.75, 3.05) is 5.32 Å². The molecule has 4 aromatic rings. The number of phenols is 1. The maximum Gasteiger partial charge on any atom is 0.277 e. The monoisotopic (exact) mass is 420 g/mol. The molecule has 6 nitrogen and oxygen atoms in total. The molecule has 1 aromatic heterocycles. The first-order valence-corrected chi connectivity index (χ1v) is 9.50. The molecule has 3 aromatic carbocycles. The fraction of sp³-hybridized carbons (Fsp3) is 0.0435. The van der Waals surface area contributed by atoms with Crippen molar-refractivity contribution in [1.82, 2.24) is 5.16 Å². The normalized spacial score (nSPS) is 10.6. The molecule has 0 saturated heterocycles. The van der Waals surface area contributed by atoms with E-state index < -0.39 is 5.91 Å². The number of amides is 1. The SMILES string of the molecule is O=C(Nc1cc(Cl)ccc1OCc1ccccc1)c1cc(-c2cccc(O)c2)on1. The van der Waals surface area contributed by atoms with E-state index in [1.165, 1.54) is 12.1 Å². The number of anilines is 1. The van der Waals surface area contributed by atoms with Crippen molar-refractivity contribution < 1.29 is 19.2 Å². The van der Waals surface area contributed by atoms with Gasteiger partial charge in [-0.25, -0.2) is 0 Å². The second kappa shape index (κ2) is 8.71. The number of hydrogen-bond acceptors (Lipinski definition) is 5. The van der Waals surface area contributed by atoms with Gasteiger partial charge in [-0.3, -0.25) is 4.79 Å². The van der Waals surface area contributed by atoms with E-state index in [0.29, 0.717) is 34.4 Å². The molecule has 0 aliphatic carbocycles. The molecular weight excluding hydrogens is 404 g/mol. The molecule has 7 heteroatoms. The molecule has 0 atom stereocenters. The van der Waals surface area contributed by atoms with Gasteiger partial charge < -0.3 is 19.7 Å². The Morgan fingerprint density at radius 1 is 1.03 bits per heavy atom. The number of aromatic hydroxyl groups is 1. The van der Waals surface area contributed by atoms with Gasteiger partial charge in [0.15, 0.2) is 11.5 Å². The molecule has 4 rings (SSSR count). The van der Waals surface area contributed by atoms with Gasteiger partial charge in [0.25, 0.3) is 5.91 Å². The van der Waals surface area contributed by atoms with Gasteiger partial charge in [0.05, 0.1) is 5.69 Å². The number of benzene rings is 3. The van der Waals surface area contributed by atoms with Gasteiger partial charge in [-0.1, -0.05) is 59.2 Å². The number of aromatic nitrogens is 1. The Balaban J connectivity index is 1.51. The Bertz CT molecular complexity index is 1170. The summed E-state index contributed by atoms with van der Waals surface area (Å²) in [5, 5.41) is 16.6. The molecule has 0 spiro atoms. The number of nitrogens with one attached hydrogen (secondary N) is 1. The predicted molar refractivity (Wildman–Crippen MR) is 114 cm³/mol. The van der Waals surface area contributed by atoms with Crippen molar-refractivity contribution in [3.63, 3.8) is 0 Å². The van der Waals surface area contributed by atoms with Crippen LogP contribution in [-0.4, -0.2) is 16.2 Å². The quantitative estimate of drug-likeness (QED) is 0.428. The first-order chi connectivity index (χ1) is 14.6. The number of carbonyl (C=O) groups excluding carboxylic acids is 1. The highest BCUT2D eigenvalue weighted by atomic mass is 35.5. The Hall–Kier alpha value is -3.77. The molecule has 0 bridgehead atoms. The van der Waals surface area contributed by atoms with Gasteiger partial charge >= 0.3 is 0 Å². The minimum atomic E-state index is -0.475. The third kappa shape index (κ3) is 4.61. The van der Waals surface area contributed by atoms with Crippen molar-refractivity contribution in [2.24, 2.45) is 0 Å². The van der Waals surface area contributed by atoms with Gasteiger partial charge in [-0.2, -0.15) is 0 Å². The lowest BCUT2D eigenvalue weighted by Gasteiger charge is -2.12. The van der Waals surface area contributed by atoms with E-state index in [1.807, 2.05) is 30.3 Å². The summed E-state index contributed by atoms with van der Waals surface area (Å²) in [5.74, 6) is 0.460. The maximum atomic E-state index is 12.7. The highest BCUT2D eigenvalue weighted by molar-refractivity contribution is 6.31. The summed E-state index contributed by atoms with van der Waals surface area (Å²) in [6.45, 7) is 0.344. The van der Waals surface area contributed by atoms with Crippen LogP contribution in [0.15, 0.2) is 83.4 Å². The van der Waals surface area contributed by atoms with E-state index in [1.54, 1.807) is 36.4 Å². The van der Waals surface area contributed by atoms with Crippen LogP contribution in [-0.2, 0) is 6.61 Å². The molecular formula is C23H17ClN2O4. The number of hydrogen-bond donors (Lipinski definition) is 2. The van der Waals surface area contributed by atoms with Crippen LogP contribution in [0.5, 0.6) is 11.5 Å². The molecule has 0 fully saturated rings. The smallest absolute Gasteiger partial charge is 0.277 e. The van der Waals surface area contributed by atoms with Crippen LogP contribution in [0.3, 0.4) is 0 Å². The highest BCUT2D eigenvalue weighted by Crippen LogP contribution is 2.30. The van der Waals surface area contributed by atoms with E-state index in [0.717, 1.165) is 5.56 Å². The topological polar surface area (TPSA) is 84.6 Å². The summed E-state index contributed by atoms with van der Waals surface area (Å²) in [6, 6.07) is 22.7. The van der Waals surface area contributed by atoms with E-state index in [9.17, 15) is 9.90 Å². The molecule has 0 unspecified atom stereocenters. The van der Waals surface area contributed by atoms with Crippen molar-refractivity contribution >= 4 is 23.2 Å². The molecule has 150 valence electrons. The van der Waals surface area contributed by atoms with E-state index >= 15 is 0 Å². The van der Waals surface area contributed by atoms with Gasteiger partial charge in [0.1, 0.15) is 18.1 Å². The van der Waals surface area contributed by atoms with E-state index in [4.69, 9.17) is 20.9 Å². The number of rotatable bonds is 6. The second-order valence-corrected chi connectivity index (χ2v) is 6.93. The summed E-state index contributed by atoms with van der Waals surface area (Å²) in [7, 11) is 0. The van der Waals surface area contributed by atoms with Crippen molar-refractivity contribution in [2.45, 2.75) is 6.61 Å². The fourth-order valence-corrected chi connectivity index (χ4v) is 3.00. The average Bonchev–Trinajstić information content (AvgIpc) is 3.24. The Labute approximate surface area is 177 Å². The predicted octanol–water partition coefficient (Wildman–Crippen LogP) is 5.53. The zero-order valence-electron chi connectivity index (χ0n) is 15.7. The van der Waals surface area contributed by atoms with Gasteiger partial charge in [-0.15, -0.1) is 0 Å². The number of phenolic OH excluding ortho intramolecular Hbond substituents is 1. The number of halogens is 1. The highest BCUT2D eigenvalue weighted by Gasteiger charge is 2.16. The minimum Gasteiger partial charge on any atom is -0.508 e. The van der Waals surface area contributed by atoms with Crippen molar-refractivity contribution in [3.05, 3.63) is 95.1 Å². The Morgan fingerprint density at radius 3 is 2.67 bits per heavy atom. The first kappa shape index (κ1) is 19.5. The summed E-state index contributed by atoms with van der Waals surface area (Å²) in [4.78, 5) is 12.7. The van der Waals surface area contributed by atoms with Gasteiger partial charge in [0.2, 0.25) is 0 Å². The zero-order valence-corrected chi connectivity index (χ0v) is 16.5. The lowest BCUT2D eigenvalue weighted by molar-refractivity contribution is 0.101. The van der Waals surface area contributed by atoms with Crippen LogP contribution in [0.4, 0.5) is 5.69 Å². The Kier molecular flexibility index (Phi) is 5.68. The Morgan fingerprint density at radius 2 is 1.87 bits per heavy atom. The minimum absolute atomic E-state index is 0.0855. The third-order valence-electron chi connectivity index (χ3n) is 4.30. The lowest BCUT2D eigenvalue weighted by Crippen LogP contribution is -2.13. The molecule has 0 aliphatic heterocycles. The molecule has 30 heavy (non-hydrogen) atoms. The van der Waals surface area contributed by atoms with Gasteiger partial charge in [-0.05, 0) is 35.9 Å². The lowest BCUT2D eigenvalue weighted by atomic mass is 10.1. The average molecular weight is 421 g/mol. The van der Waals surface area contributed by atoms with Crippen molar-refractivity contribution in [1.29, 1.82) is 0 Å². The van der Waals surface area contributed by atoms with Crippen molar-refractivity contribution in [3.8, 4) is 22.8 Å². The summed E-state index contributed by atoms with van der Waals surface area (Å²) in [5.41, 5.74) is 2.11. The van der Waals surface area contributed by atoms with E-state index in [2.05, 4.69) is 10.5 Å². The molecule has 0 radical (unpaired) electrons. The number of ether oxygens (including phenoxy) is 1. The van der Waals surface area contributed by atoms with Crippen LogP contribution in [0.1, 0.15) is 16.1 Å². The van der Waals surface area contributed by atoms with Crippen LogP contribution in [0.2, 0.25) is 5.02 Å². The molecule has 0 saturated carbocycles.